The van der Waals surface area contributed by atoms with Crippen LogP contribution in [0.1, 0.15) is 35.1 Å². The molecule has 1 fully saturated rings. The molecule has 0 aliphatic carbocycles. The van der Waals surface area contributed by atoms with Crippen LogP contribution >= 0.6 is 0 Å². The van der Waals surface area contributed by atoms with Crippen LogP contribution in [0.25, 0.3) is 6.08 Å². The Hall–Kier alpha value is -3.91. The number of benzene rings is 2. The quantitative estimate of drug-likeness (QED) is 0.533. The predicted octanol–water partition coefficient (Wildman–Crippen LogP) is 4.03. The van der Waals surface area contributed by atoms with E-state index < -0.39 is 33.6 Å². The number of amidine groups is 1. The van der Waals surface area contributed by atoms with Gasteiger partial charge in [0, 0.05) is 50.9 Å². The second kappa shape index (κ2) is 11.4. The van der Waals surface area contributed by atoms with E-state index in [1.807, 2.05) is 26.0 Å². The molecular weight excluding hydrogens is 575 g/mol. The first-order valence-electron chi connectivity index (χ1n) is 13.0. The third kappa shape index (κ3) is 6.59. The molecule has 4 rings (SSSR count). The van der Waals surface area contributed by atoms with Gasteiger partial charge in [0.15, 0.2) is 0 Å². The van der Waals surface area contributed by atoms with E-state index in [-0.39, 0.29) is 43.4 Å². The van der Waals surface area contributed by atoms with Crippen LogP contribution < -0.4 is 15.0 Å². The first kappa shape index (κ1) is 31.0. The number of hydrogen-bond donors (Lipinski definition) is 1. The van der Waals surface area contributed by atoms with Crippen LogP contribution in [-0.2, 0) is 14.8 Å². The number of anilines is 1. The maximum absolute atomic E-state index is 13.2. The fourth-order valence-corrected chi connectivity index (χ4v) is 6.17. The number of aryl methyl sites for hydroxylation is 2. The van der Waals surface area contributed by atoms with Crippen LogP contribution in [-0.4, -0.2) is 81.5 Å². The highest BCUT2D eigenvalue weighted by Gasteiger charge is 2.47. The van der Waals surface area contributed by atoms with Crippen LogP contribution in [0.4, 0.5) is 23.7 Å². The molecule has 226 valence electrons. The van der Waals surface area contributed by atoms with E-state index in [0.717, 1.165) is 28.7 Å². The maximum atomic E-state index is 13.2. The lowest BCUT2D eigenvalue weighted by Crippen LogP contribution is -2.50. The Morgan fingerprint density at radius 1 is 1.10 bits per heavy atom. The average molecular weight is 608 g/mol. The Morgan fingerprint density at radius 3 is 2.29 bits per heavy atom. The van der Waals surface area contributed by atoms with Crippen molar-refractivity contribution in [2.45, 2.75) is 38.6 Å². The molecule has 14 heteroatoms. The number of rotatable bonds is 6. The summed E-state index contributed by atoms with van der Waals surface area (Å²) in [5, 5.41) is 3.75. The normalized spacial score (nSPS) is 17.3. The lowest BCUT2D eigenvalue weighted by Gasteiger charge is -2.34. The summed E-state index contributed by atoms with van der Waals surface area (Å²) in [4.78, 5) is 32.7. The van der Waals surface area contributed by atoms with E-state index in [1.165, 1.54) is 32.3 Å². The Bertz CT molecular complexity index is 1540. The zero-order chi connectivity index (χ0) is 31.0. The summed E-state index contributed by atoms with van der Waals surface area (Å²) in [6.07, 6.45) is -3.13. The van der Waals surface area contributed by atoms with E-state index in [4.69, 9.17) is 0 Å². The van der Waals surface area contributed by atoms with Crippen molar-refractivity contribution in [2.24, 2.45) is 4.99 Å². The molecule has 0 aromatic heterocycles. The molecule has 1 spiro atoms. The second-order valence-corrected chi connectivity index (χ2v) is 12.3. The topological polar surface area (TPSA) is 112 Å². The Balaban J connectivity index is 1.47. The van der Waals surface area contributed by atoms with E-state index in [2.05, 4.69) is 15.0 Å². The molecule has 0 bridgehead atoms. The first-order valence-corrected chi connectivity index (χ1v) is 14.5. The summed E-state index contributed by atoms with van der Waals surface area (Å²) in [7, 11) is 1.14. The van der Waals surface area contributed by atoms with Gasteiger partial charge in [-0.25, -0.2) is 13.2 Å². The minimum absolute atomic E-state index is 0.0302. The maximum Gasteiger partial charge on any atom is 0.573 e. The number of alkyl halides is 3. The number of nitrogens with zero attached hydrogens (tertiary/aromatic N) is 4. The number of amides is 3. The highest BCUT2D eigenvalue weighted by atomic mass is 32.2. The van der Waals surface area contributed by atoms with Gasteiger partial charge in [-0.05, 0) is 73.7 Å². The zero-order valence-electron chi connectivity index (χ0n) is 23.8. The van der Waals surface area contributed by atoms with Crippen molar-refractivity contribution in [1.82, 2.24) is 14.5 Å². The molecule has 2 aromatic carbocycles. The fraction of sp³-hybridized carbons (Fsp3) is 0.393. The van der Waals surface area contributed by atoms with E-state index in [1.54, 1.807) is 21.1 Å². The summed E-state index contributed by atoms with van der Waals surface area (Å²) < 4.78 is 69.5. The number of aliphatic imine (C=N–C) groups is 1. The molecule has 1 N–H and O–H groups in total. The molecule has 2 aromatic rings. The highest BCUT2D eigenvalue weighted by molar-refractivity contribution is 7.92. The summed E-state index contributed by atoms with van der Waals surface area (Å²) in [6.45, 7) is 3.73. The van der Waals surface area contributed by atoms with Crippen molar-refractivity contribution in [2.75, 3.05) is 39.1 Å². The minimum Gasteiger partial charge on any atom is -0.406 e. The van der Waals surface area contributed by atoms with Gasteiger partial charge >= 0.3 is 12.4 Å². The van der Waals surface area contributed by atoms with Crippen molar-refractivity contribution in [1.29, 1.82) is 0 Å². The Labute approximate surface area is 242 Å². The number of urea groups is 1. The van der Waals surface area contributed by atoms with Gasteiger partial charge in [-0.3, -0.25) is 14.7 Å². The predicted molar refractivity (Wildman–Crippen MR) is 153 cm³/mol. The lowest BCUT2D eigenvalue weighted by molar-refractivity contribution is -0.274. The zero-order valence-corrected chi connectivity index (χ0v) is 24.6. The number of carbonyl (C=O) groups excluding carboxylic acids is 2. The summed E-state index contributed by atoms with van der Waals surface area (Å²) in [5.74, 6) is -0.771. The van der Waals surface area contributed by atoms with Crippen molar-refractivity contribution in [3.63, 3.8) is 0 Å². The lowest BCUT2D eigenvalue weighted by atomic mass is 9.89. The van der Waals surface area contributed by atoms with Crippen LogP contribution in [0.5, 0.6) is 5.75 Å². The molecule has 1 saturated heterocycles. The molecule has 3 amide bonds. The van der Waals surface area contributed by atoms with Crippen LogP contribution in [0.2, 0.25) is 0 Å². The van der Waals surface area contributed by atoms with Gasteiger partial charge in [-0.2, -0.15) is 4.31 Å². The number of halogens is 3. The molecule has 0 atom stereocenters. The largest absolute Gasteiger partial charge is 0.573 e. The van der Waals surface area contributed by atoms with Gasteiger partial charge in [-0.15, -0.1) is 13.2 Å². The number of ether oxygens (including phenoxy) is 1. The van der Waals surface area contributed by atoms with Gasteiger partial charge in [0.25, 0.3) is 5.91 Å². The van der Waals surface area contributed by atoms with Gasteiger partial charge in [-0.1, -0.05) is 12.1 Å². The van der Waals surface area contributed by atoms with E-state index in [0.29, 0.717) is 11.3 Å². The monoisotopic (exact) mass is 607 g/mol. The molecule has 0 unspecified atom stereocenters. The summed E-state index contributed by atoms with van der Waals surface area (Å²) >= 11 is 0. The van der Waals surface area contributed by atoms with E-state index >= 15 is 0 Å². The van der Waals surface area contributed by atoms with Gasteiger partial charge in [0.1, 0.15) is 17.1 Å². The van der Waals surface area contributed by atoms with Crippen LogP contribution in [0.15, 0.2) is 46.8 Å². The SMILES string of the molecule is Cc1cc(N(C)C(=O)N(C)C)cc(C)c1C=CS(=O)(=O)N1CCC2(CC1)N=C(c1cccc(OC(F)(F)F)c1)NC2=O. The first-order chi connectivity index (χ1) is 19.5. The second-order valence-electron chi connectivity index (χ2n) is 10.5. The number of piperidine rings is 1. The molecule has 2 aliphatic heterocycles. The molecule has 10 nitrogen and oxygen atoms in total. The highest BCUT2D eigenvalue weighted by Crippen LogP contribution is 2.33. The van der Waals surface area contributed by atoms with Gasteiger partial charge in [0.2, 0.25) is 10.0 Å². The van der Waals surface area contributed by atoms with Crippen molar-refractivity contribution < 1.29 is 35.9 Å². The smallest absolute Gasteiger partial charge is 0.406 e. The average Bonchev–Trinajstić information content (AvgIpc) is 3.21. The molecule has 2 heterocycles. The summed E-state index contributed by atoms with van der Waals surface area (Å²) in [6, 6.07) is 8.55. The molecule has 0 saturated carbocycles. The Morgan fingerprint density at radius 2 is 1.71 bits per heavy atom. The number of nitrogens with one attached hydrogen (secondary N) is 1. The molecular formula is C28H32F3N5O5S. The molecule has 2 aliphatic rings. The number of carbonyl (C=O) groups is 2. The summed E-state index contributed by atoms with van der Waals surface area (Å²) in [5.41, 5.74) is 2.00. The van der Waals surface area contributed by atoms with Crippen LogP contribution in [0.3, 0.4) is 0 Å². The number of hydrogen-bond acceptors (Lipinski definition) is 6. The number of sulfonamides is 1. The molecule has 42 heavy (non-hydrogen) atoms. The Kier molecular flexibility index (Phi) is 8.43. The fourth-order valence-electron chi connectivity index (χ4n) is 5.00. The van der Waals surface area contributed by atoms with Gasteiger partial charge < -0.3 is 15.0 Å². The third-order valence-corrected chi connectivity index (χ3v) is 8.84. The van der Waals surface area contributed by atoms with Crippen molar-refractivity contribution in [3.8, 4) is 5.75 Å². The van der Waals surface area contributed by atoms with E-state index in [9.17, 15) is 31.2 Å². The minimum atomic E-state index is -4.86. The van der Waals surface area contributed by atoms with Gasteiger partial charge in [0.05, 0.1) is 0 Å². The van der Waals surface area contributed by atoms with Crippen molar-refractivity contribution >= 4 is 39.6 Å². The third-order valence-electron chi connectivity index (χ3n) is 7.27. The van der Waals surface area contributed by atoms with Crippen LogP contribution in [0, 0.1) is 13.8 Å². The standard InChI is InChI=1S/C28H32F3N5O5S/c1-18-15-21(35(5)26(38)34(3)4)16-19(2)23(18)9-14-42(39,40)36-12-10-27(11-13-36)25(37)32-24(33-27)20-7-6-8-22(17-20)41-28(29,30)31/h6-9,14-17H,10-13H2,1-5H3,(H,32,33,37). The van der Waals surface area contributed by atoms with Crippen molar-refractivity contribution in [3.05, 3.63) is 64.1 Å². The molecule has 0 radical (unpaired) electrons.